The summed E-state index contributed by atoms with van der Waals surface area (Å²) in [5.74, 6) is 0. The highest BCUT2D eigenvalue weighted by molar-refractivity contribution is 7.81. The van der Waals surface area contributed by atoms with Gasteiger partial charge in [0.1, 0.15) is 12.2 Å². The molecule has 178 valence electrons. The molecule has 2 rings (SSSR count). The number of ether oxygens (including phenoxy) is 3. The van der Waals surface area contributed by atoms with Gasteiger partial charge in [-0.25, -0.2) is 8.37 Å². The first-order valence-corrected chi connectivity index (χ1v) is 11.1. The van der Waals surface area contributed by atoms with Gasteiger partial charge in [0.15, 0.2) is 12.4 Å². The zero-order valence-corrected chi connectivity index (χ0v) is 17.6. The molecule has 5 atom stereocenters. The van der Waals surface area contributed by atoms with Crippen LogP contribution in [0.3, 0.4) is 0 Å². The van der Waals surface area contributed by atoms with E-state index in [1.54, 1.807) is 0 Å². The van der Waals surface area contributed by atoms with Gasteiger partial charge in [-0.1, -0.05) is 12.1 Å². The van der Waals surface area contributed by atoms with E-state index in [0.717, 1.165) is 31.4 Å². The maximum absolute atomic E-state index is 12.7. The van der Waals surface area contributed by atoms with E-state index in [1.807, 2.05) is 0 Å². The van der Waals surface area contributed by atoms with Gasteiger partial charge < -0.3 is 14.2 Å². The molecule has 2 N–H and O–H groups in total. The van der Waals surface area contributed by atoms with Crippen LogP contribution in [-0.4, -0.2) is 63.8 Å². The molecule has 0 unspecified atom stereocenters. The maximum atomic E-state index is 12.7. The van der Waals surface area contributed by atoms with Crippen molar-refractivity contribution in [3.63, 3.8) is 0 Å². The Bertz CT molecular complexity index is 947. The zero-order chi connectivity index (χ0) is 23.6. The molecule has 31 heavy (non-hydrogen) atoms. The zero-order valence-electron chi connectivity index (χ0n) is 15.9. The Kier molecular flexibility index (Phi) is 8.05. The summed E-state index contributed by atoms with van der Waals surface area (Å²) in [6.45, 7) is 0.992. The molecule has 1 aromatic rings. The summed E-state index contributed by atoms with van der Waals surface area (Å²) in [5.41, 5.74) is -0.658. The third kappa shape index (κ3) is 7.62. The second-order valence-electron chi connectivity index (χ2n) is 6.39. The van der Waals surface area contributed by atoms with Gasteiger partial charge in [-0.3, -0.25) is 9.11 Å². The van der Waals surface area contributed by atoms with Gasteiger partial charge in [0.05, 0.1) is 18.3 Å². The smallest absolute Gasteiger partial charge is 0.368 e. The van der Waals surface area contributed by atoms with Crippen LogP contribution in [0.15, 0.2) is 24.3 Å². The van der Waals surface area contributed by atoms with Crippen molar-refractivity contribution in [1.82, 2.24) is 0 Å². The second-order valence-corrected chi connectivity index (χ2v) is 8.49. The number of hydrogen-bond acceptors (Lipinski definition) is 9. The Morgan fingerprint density at radius 3 is 1.94 bits per heavy atom. The topological polar surface area (TPSA) is 155 Å². The molecule has 0 spiro atoms. The summed E-state index contributed by atoms with van der Waals surface area (Å²) in [6.07, 6.45) is -12.4. The lowest BCUT2D eigenvalue weighted by molar-refractivity contribution is -0.284. The van der Waals surface area contributed by atoms with Crippen molar-refractivity contribution in [1.29, 1.82) is 0 Å². The Balaban J connectivity index is 2.28. The van der Waals surface area contributed by atoms with Gasteiger partial charge >= 0.3 is 27.0 Å². The quantitative estimate of drug-likeness (QED) is 0.501. The molecule has 0 bridgehead atoms. The standard InChI is InChI=1S/C15H19F3O11S2/c1-8-11(26-7-9-3-5-10(6-4-9)15(16,17)18)12(28-30(19,20)21)13(14(25-2)27-8)29-31(22,23)24/h3-6,8,11-14H,7H2,1-2H3,(H,19,20,21)(H,22,23,24)/t8-,11-,12+,13+,14+/m0/s1. The first-order chi connectivity index (χ1) is 14.1. The minimum absolute atomic E-state index is 0.243. The van der Waals surface area contributed by atoms with Gasteiger partial charge in [0, 0.05) is 7.11 Å². The number of halogens is 3. The minimum Gasteiger partial charge on any atom is -0.368 e. The van der Waals surface area contributed by atoms with Gasteiger partial charge in [0.2, 0.25) is 0 Å². The Morgan fingerprint density at radius 2 is 1.48 bits per heavy atom. The molecule has 1 heterocycles. The average Bonchev–Trinajstić information content (AvgIpc) is 2.60. The highest BCUT2D eigenvalue weighted by Crippen LogP contribution is 2.32. The van der Waals surface area contributed by atoms with Gasteiger partial charge in [-0.15, -0.1) is 0 Å². The van der Waals surface area contributed by atoms with Crippen LogP contribution in [-0.2, 0) is 56.2 Å². The molecule has 0 aliphatic carbocycles. The normalized spacial score (nSPS) is 27.9. The fourth-order valence-corrected chi connectivity index (χ4v) is 3.85. The molecule has 1 aliphatic heterocycles. The molecule has 0 radical (unpaired) electrons. The van der Waals surface area contributed by atoms with Crippen molar-refractivity contribution >= 4 is 20.8 Å². The Hall–Kier alpha value is -1.37. The summed E-state index contributed by atoms with van der Waals surface area (Å²) in [6, 6.07) is 3.83. The van der Waals surface area contributed by atoms with Gasteiger partial charge in [-0.05, 0) is 24.6 Å². The molecule has 0 amide bonds. The number of benzene rings is 1. The summed E-state index contributed by atoms with van der Waals surface area (Å²) >= 11 is 0. The third-order valence-corrected chi connectivity index (χ3v) is 5.08. The third-order valence-electron chi connectivity index (χ3n) is 4.15. The van der Waals surface area contributed by atoms with Crippen LogP contribution in [0, 0.1) is 0 Å². The first-order valence-electron chi connectivity index (χ1n) is 8.38. The highest BCUT2D eigenvalue weighted by atomic mass is 32.3. The van der Waals surface area contributed by atoms with Crippen LogP contribution in [0.25, 0.3) is 0 Å². The van der Waals surface area contributed by atoms with Crippen molar-refractivity contribution in [2.75, 3.05) is 7.11 Å². The summed E-state index contributed by atoms with van der Waals surface area (Å²) in [7, 11) is -9.28. The van der Waals surface area contributed by atoms with Crippen LogP contribution in [0.4, 0.5) is 13.2 Å². The van der Waals surface area contributed by atoms with E-state index >= 15 is 0 Å². The molecular formula is C15H19F3O11S2. The molecule has 0 saturated carbocycles. The largest absolute Gasteiger partial charge is 0.416 e. The fraction of sp³-hybridized carbons (Fsp3) is 0.600. The van der Waals surface area contributed by atoms with Crippen LogP contribution in [0.2, 0.25) is 0 Å². The number of methoxy groups -OCH3 is 1. The van der Waals surface area contributed by atoms with Gasteiger partial charge in [-0.2, -0.15) is 30.0 Å². The predicted molar refractivity (Wildman–Crippen MR) is 94.2 cm³/mol. The molecule has 1 saturated heterocycles. The van der Waals surface area contributed by atoms with Crippen LogP contribution >= 0.6 is 0 Å². The lowest BCUT2D eigenvalue weighted by Crippen LogP contribution is -2.60. The van der Waals surface area contributed by atoms with Gasteiger partial charge in [0.25, 0.3) is 0 Å². The number of rotatable bonds is 8. The number of alkyl halides is 3. The minimum atomic E-state index is -5.18. The monoisotopic (exact) mass is 496 g/mol. The van der Waals surface area contributed by atoms with Crippen LogP contribution < -0.4 is 0 Å². The molecule has 11 nitrogen and oxygen atoms in total. The lowest BCUT2D eigenvalue weighted by Gasteiger charge is -2.42. The van der Waals surface area contributed by atoms with E-state index in [2.05, 4.69) is 8.37 Å². The molecule has 1 aliphatic rings. The molecule has 16 heteroatoms. The highest BCUT2D eigenvalue weighted by Gasteiger charge is 2.50. The summed E-state index contributed by atoms with van der Waals surface area (Å²) < 4.78 is 126. The van der Waals surface area contributed by atoms with E-state index < -0.39 is 63.2 Å². The first kappa shape index (κ1) is 25.9. The molecule has 0 aromatic heterocycles. The maximum Gasteiger partial charge on any atom is 0.416 e. The van der Waals surface area contributed by atoms with E-state index in [9.17, 15) is 30.0 Å². The fourth-order valence-electron chi connectivity index (χ4n) is 2.87. The van der Waals surface area contributed by atoms with E-state index in [1.165, 1.54) is 6.92 Å². The Labute approximate surface area is 175 Å². The molecule has 1 aromatic carbocycles. The van der Waals surface area contributed by atoms with E-state index in [4.69, 9.17) is 23.3 Å². The number of hydrogen-bond donors (Lipinski definition) is 2. The second kappa shape index (κ2) is 9.63. The Morgan fingerprint density at radius 1 is 0.968 bits per heavy atom. The van der Waals surface area contributed by atoms with E-state index in [-0.39, 0.29) is 12.2 Å². The summed E-state index contributed by atoms with van der Waals surface area (Å²) in [4.78, 5) is 0. The van der Waals surface area contributed by atoms with Crippen molar-refractivity contribution in [2.24, 2.45) is 0 Å². The average molecular weight is 496 g/mol. The van der Waals surface area contributed by atoms with Crippen LogP contribution in [0.5, 0.6) is 0 Å². The van der Waals surface area contributed by atoms with Crippen molar-refractivity contribution in [2.45, 2.75) is 50.4 Å². The molecular weight excluding hydrogens is 477 g/mol. The van der Waals surface area contributed by atoms with Crippen molar-refractivity contribution in [3.8, 4) is 0 Å². The SMILES string of the molecule is CO[C@@H]1O[C@@H](C)[C@H](OCc2ccc(C(F)(F)F)cc2)[C@@H](OS(=O)(=O)O)[C@H]1OS(=O)(=O)O. The lowest BCUT2D eigenvalue weighted by atomic mass is 9.99. The predicted octanol–water partition coefficient (Wildman–Crippen LogP) is 1.36. The summed E-state index contributed by atoms with van der Waals surface area (Å²) in [5, 5.41) is 0. The molecule has 1 fully saturated rings. The van der Waals surface area contributed by atoms with E-state index in [0.29, 0.717) is 0 Å². The van der Waals surface area contributed by atoms with Crippen molar-refractivity contribution < 1.29 is 61.7 Å². The van der Waals surface area contributed by atoms with Crippen molar-refractivity contribution in [3.05, 3.63) is 35.4 Å². The van der Waals surface area contributed by atoms with Crippen LogP contribution in [0.1, 0.15) is 18.1 Å².